The van der Waals surface area contributed by atoms with Crippen LogP contribution in [0.15, 0.2) is 18.2 Å². The summed E-state index contributed by atoms with van der Waals surface area (Å²) < 4.78 is 0. The van der Waals surface area contributed by atoms with Crippen LogP contribution in [0.2, 0.25) is 5.02 Å². The number of hydrogen-bond acceptors (Lipinski definition) is 3. The van der Waals surface area contributed by atoms with E-state index in [2.05, 4.69) is 10.6 Å². The Morgan fingerprint density at radius 3 is 2.65 bits per heavy atom. The van der Waals surface area contributed by atoms with E-state index in [1.165, 1.54) is 0 Å². The van der Waals surface area contributed by atoms with Crippen molar-refractivity contribution in [1.29, 1.82) is 0 Å². The van der Waals surface area contributed by atoms with Crippen molar-refractivity contribution < 1.29 is 9.90 Å². The van der Waals surface area contributed by atoms with Crippen LogP contribution in [0, 0.1) is 5.41 Å². The second kappa shape index (κ2) is 7.50. The van der Waals surface area contributed by atoms with Crippen molar-refractivity contribution in [3.8, 4) is 0 Å². The highest BCUT2D eigenvalue weighted by molar-refractivity contribution is 6.33. The third kappa shape index (κ3) is 4.69. The fourth-order valence-corrected chi connectivity index (χ4v) is 1.77. The largest absolute Gasteiger partial charge is 0.396 e. The van der Waals surface area contributed by atoms with Crippen LogP contribution in [0.1, 0.15) is 33.6 Å². The minimum atomic E-state index is -0.188. The molecule has 20 heavy (non-hydrogen) atoms. The lowest BCUT2D eigenvalue weighted by atomic mass is 9.88. The van der Waals surface area contributed by atoms with E-state index in [0.29, 0.717) is 23.7 Å². The van der Waals surface area contributed by atoms with Crippen molar-refractivity contribution in [2.45, 2.75) is 33.6 Å². The second-order valence-electron chi connectivity index (χ2n) is 5.27. The molecule has 0 aromatic heterocycles. The van der Waals surface area contributed by atoms with E-state index in [4.69, 9.17) is 11.6 Å². The first-order chi connectivity index (χ1) is 9.44. The zero-order chi connectivity index (χ0) is 15.2. The van der Waals surface area contributed by atoms with E-state index in [9.17, 15) is 9.90 Å². The summed E-state index contributed by atoms with van der Waals surface area (Å²) in [6.45, 7) is 6.58. The normalized spacial score (nSPS) is 13.7. The molecular weight excluding hydrogens is 276 g/mol. The van der Waals surface area contributed by atoms with Crippen molar-refractivity contribution >= 4 is 28.9 Å². The molecule has 0 heterocycles. The summed E-state index contributed by atoms with van der Waals surface area (Å²) in [5, 5.41) is 16.0. The van der Waals surface area contributed by atoms with Crippen molar-refractivity contribution in [1.82, 2.24) is 0 Å². The van der Waals surface area contributed by atoms with Crippen molar-refractivity contribution in [2.75, 3.05) is 23.8 Å². The second-order valence-corrected chi connectivity index (χ2v) is 5.68. The van der Waals surface area contributed by atoms with Gasteiger partial charge in [0, 0.05) is 24.1 Å². The quantitative estimate of drug-likeness (QED) is 0.722. The zero-order valence-corrected chi connectivity index (χ0v) is 13.0. The maximum absolute atomic E-state index is 11.4. The molecule has 1 aromatic carbocycles. The fraction of sp³-hybridized carbons (Fsp3) is 0.533. The van der Waals surface area contributed by atoms with Crippen LogP contribution in [-0.2, 0) is 4.79 Å². The van der Waals surface area contributed by atoms with Gasteiger partial charge in [0.15, 0.2) is 0 Å². The van der Waals surface area contributed by atoms with Gasteiger partial charge in [-0.3, -0.25) is 4.79 Å². The van der Waals surface area contributed by atoms with Gasteiger partial charge in [0.25, 0.3) is 0 Å². The van der Waals surface area contributed by atoms with E-state index in [0.717, 1.165) is 12.1 Å². The number of carbonyl (C=O) groups is 1. The molecule has 3 N–H and O–H groups in total. The van der Waals surface area contributed by atoms with E-state index in [1.54, 1.807) is 19.1 Å². The molecule has 1 amide bonds. The van der Waals surface area contributed by atoms with Crippen molar-refractivity contribution in [3.05, 3.63) is 23.2 Å². The topological polar surface area (TPSA) is 61.4 Å². The summed E-state index contributed by atoms with van der Waals surface area (Å²) in [7, 11) is 0. The first-order valence-corrected chi connectivity index (χ1v) is 7.26. The molecule has 1 aromatic rings. The van der Waals surface area contributed by atoms with Gasteiger partial charge in [-0.25, -0.2) is 0 Å². The first-order valence-electron chi connectivity index (χ1n) is 6.88. The van der Waals surface area contributed by atoms with Gasteiger partial charge in [0.1, 0.15) is 0 Å². The minimum absolute atomic E-state index is 0.0352. The summed E-state index contributed by atoms with van der Waals surface area (Å²) in [6, 6.07) is 5.33. The molecule has 0 saturated heterocycles. The lowest BCUT2D eigenvalue weighted by molar-refractivity contribution is -0.115. The molecular formula is C15H23ClN2O2. The van der Waals surface area contributed by atoms with Gasteiger partial charge in [-0.15, -0.1) is 0 Å². The van der Waals surface area contributed by atoms with Crippen LogP contribution in [0.4, 0.5) is 11.4 Å². The Morgan fingerprint density at radius 2 is 2.10 bits per heavy atom. The molecule has 0 fully saturated rings. The maximum atomic E-state index is 11.4. The van der Waals surface area contributed by atoms with Crippen LogP contribution in [-0.4, -0.2) is 24.2 Å². The number of anilines is 2. The van der Waals surface area contributed by atoms with E-state index in [1.807, 2.05) is 19.9 Å². The standard InChI is InChI=1S/C15H23ClN2O2/c1-4-14(20)18-11-6-7-12(16)13(8-11)17-9-15(3,5-2)10-19/h6-8,17,19H,4-5,9-10H2,1-3H3,(H,18,20). The molecule has 0 radical (unpaired) electrons. The maximum Gasteiger partial charge on any atom is 0.224 e. The Labute approximate surface area is 125 Å². The Hall–Kier alpha value is -1.26. The monoisotopic (exact) mass is 298 g/mol. The molecule has 0 spiro atoms. The molecule has 0 bridgehead atoms. The number of rotatable bonds is 7. The third-order valence-corrected chi connectivity index (χ3v) is 3.84. The number of carbonyl (C=O) groups excluding carboxylic acids is 1. The number of aliphatic hydroxyl groups excluding tert-OH is 1. The van der Waals surface area contributed by atoms with Crippen LogP contribution in [0.3, 0.4) is 0 Å². The van der Waals surface area contributed by atoms with E-state index in [-0.39, 0.29) is 17.9 Å². The van der Waals surface area contributed by atoms with Crippen LogP contribution in [0.25, 0.3) is 0 Å². The highest BCUT2D eigenvalue weighted by Crippen LogP contribution is 2.28. The Morgan fingerprint density at radius 1 is 1.40 bits per heavy atom. The van der Waals surface area contributed by atoms with Gasteiger partial charge in [0.2, 0.25) is 5.91 Å². The average molecular weight is 299 g/mol. The average Bonchev–Trinajstić information content (AvgIpc) is 2.47. The molecule has 1 unspecified atom stereocenters. The SMILES string of the molecule is CCC(=O)Nc1ccc(Cl)c(NCC(C)(CC)CO)c1. The summed E-state index contributed by atoms with van der Waals surface area (Å²) >= 11 is 6.14. The number of aliphatic hydroxyl groups is 1. The number of halogens is 1. The molecule has 0 saturated carbocycles. The van der Waals surface area contributed by atoms with Gasteiger partial charge in [-0.1, -0.05) is 32.4 Å². The Kier molecular flexibility index (Phi) is 6.30. The fourth-order valence-electron chi connectivity index (χ4n) is 1.59. The molecule has 1 atom stereocenters. The smallest absolute Gasteiger partial charge is 0.224 e. The van der Waals surface area contributed by atoms with E-state index >= 15 is 0 Å². The summed E-state index contributed by atoms with van der Waals surface area (Å²) in [6.07, 6.45) is 1.30. The van der Waals surface area contributed by atoms with Crippen molar-refractivity contribution in [2.24, 2.45) is 5.41 Å². The summed E-state index contributed by atoms with van der Waals surface area (Å²) in [4.78, 5) is 11.4. The predicted molar refractivity (Wildman–Crippen MR) is 84.3 cm³/mol. The van der Waals surface area contributed by atoms with Gasteiger partial charge >= 0.3 is 0 Å². The van der Waals surface area contributed by atoms with E-state index < -0.39 is 0 Å². The molecule has 0 aliphatic carbocycles. The van der Waals surface area contributed by atoms with Gasteiger partial charge in [-0.05, 0) is 24.6 Å². The highest BCUT2D eigenvalue weighted by Gasteiger charge is 2.21. The number of hydrogen-bond donors (Lipinski definition) is 3. The lowest BCUT2D eigenvalue weighted by Crippen LogP contribution is -2.29. The molecule has 1 rings (SSSR count). The van der Waals surface area contributed by atoms with Crippen LogP contribution >= 0.6 is 11.6 Å². The first kappa shape index (κ1) is 16.8. The predicted octanol–water partition coefficient (Wildman–Crippen LogP) is 3.51. The van der Waals surface area contributed by atoms with Crippen LogP contribution < -0.4 is 10.6 Å². The van der Waals surface area contributed by atoms with Crippen molar-refractivity contribution in [3.63, 3.8) is 0 Å². The van der Waals surface area contributed by atoms with Gasteiger partial charge in [0.05, 0.1) is 17.3 Å². The Bertz CT molecular complexity index is 459. The highest BCUT2D eigenvalue weighted by atomic mass is 35.5. The van der Waals surface area contributed by atoms with Gasteiger partial charge < -0.3 is 15.7 Å². The molecule has 5 heteroatoms. The summed E-state index contributed by atoms with van der Waals surface area (Å²) in [5.41, 5.74) is 1.28. The van der Waals surface area contributed by atoms with Gasteiger partial charge in [-0.2, -0.15) is 0 Å². The lowest BCUT2D eigenvalue weighted by Gasteiger charge is -2.26. The zero-order valence-electron chi connectivity index (χ0n) is 12.3. The molecule has 112 valence electrons. The third-order valence-electron chi connectivity index (χ3n) is 3.51. The molecule has 4 nitrogen and oxygen atoms in total. The number of amides is 1. The van der Waals surface area contributed by atoms with Crippen LogP contribution in [0.5, 0.6) is 0 Å². The summed E-state index contributed by atoms with van der Waals surface area (Å²) in [5.74, 6) is -0.0352. The molecule has 0 aliphatic rings. The number of nitrogens with one attached hydrogen (secondary N) is 2. The molecule has 0 aliphatic heterocycles. The minimum Gasteiger partial charge on any atom is -0.396 e. The Balaban J connectivity index is 2.79. The number of benzene rings is 1.